The minimum atomic E-state index is -1.43. The van der Waals surface area contributed by atoms with Gasteiger partial charge in [0.2, 0.25) is 0 Å². The van der Waals surface area contributed by atoms with Crippen LogP contribution in [0.15, 0.2) is 60.7 Å². The summed E-state index contributed by atoms with van der Waals surface area (Å²) in [6.07, 6.45) is 0. The van der Waals surface area contributed by atoms with Crippen LogP contribution in [-0.2, 0) is 13.1 Å². The molecule has 0 aromatic heterocycles. The maximum Gasteiger partial charge on any atom is 0.338 e. The van der Waals surface area contributed by atoms with Crippen LogP contribution in [-0.4, -0.2) is 21.9 Å². The van der Waals surface area contributed by atoms with Crippen molar-refractivity contribution in [3.63, 3.8) is 0 Å². The Balaban J connectivity index is 2.12. The lowest BCUT2D eigenvalue weighted by Crippen LogP contribution is -2.32. The predicted molar refractivity (Wildman–Crippen MR) is 120 cm³/mol. The zero-order valence-electron chi connectivity index (χ0n) is 15.4. The molecule has 0 atom stereocenters. The first-order valence-electron chi connectivity index (χ1n) is 8.77. The topological polar surface area (TPSA) is 57.6 Å². The molecule has 8 heteroatoms. The van der Waals surface area contributed by atoms with E-state index in [1.54, 1.807) is 0 Å². The zero-order valence-corrected chi connectivity index (χ0v) is 18.4. The van der Waals surface area contributed by atoms with E-state index in [2.05, 4.69) is 0 Å². The Bertz CT molecular complexity index is 1050. The van der Waals surface area contributed by atoms with Crippen molar-refractivity contribution in [1.29, 1.82) is 0 Å². The van der Waals surface area contributed by atoms with Crippen LogP contribution in [0.25, 0.3) is 0 Å². The standard InChI is InChI=1S/C22H15Cl4NO3/c23-17-15(16(22(29)30)18(24)20(26)19(17)25)21(28)27(11-13-7-3-1-4-8-13)12-14-9-5-2-6-10-14/h1-10H,11-12H2,(H,29,30). The highest BCUT2D eigenvalue weighted by molar-refractivity contribution is 6.54. The smallest absolute Gasteiger partial charge is 0.338 e. The SMILES string of the molecule is O=C(O)c1c(Cl)c(Cl)c(Cl)c(Cl)c1C(=O)N(Cc1ccccc1)Cc1ccccc1. The molecule has 30 heavy (non-hydrogen) atoms. The maximum absolute atomic E-state index is 13.5. The summed E-state index contributed by atoms with van der Waals surface area (Å²) in [5.74, 6) is -2.05. The number of amides is 1. The molecule has 0 bridgehead atoms. The number of halogens is 4. The van der Waals surface area contributed by atoms with Crippen LogP contribution in [0, 0.1) is 0 Å². The van der Waals surface area contributed by atoms with E-state index < -0.39 is 17.4 Å². The summed E-state index contributed by atoms with van der Waals surface area (Å²) in [6, 6.07) is 18.6. The second-order valence-electron chi connectivity index (χ2n) is 6.44. The molecular weight excluding hydrogens is 468 g/mol. The second-order valence-corrected chi connectivity index (χ2v) is 7.96. The molecule has 0 heterocycles. The van der Waals surface area contributed by atoms with E-state index in [1.807, 2.05) is 60.7 Å². The van der Waals surface area contributed by atoms with E-state index in [4.69, 9.17) is 46.4 Å². The van der Waals surface area contributed by atoms with Crippen LogP contribution in [0.2, 0.25) is 20.1 Å². The molecule has 1 amide bonds. The number of benzene rings is 3. The van der Waals surface area contributed by atoms with Gasteiger partial charge in [-0.25, -0.2) is 4.79 Å². The van der Waals surface area contributed by atoms with Gasteiger partial charge in [0, 0.05) is 13.1 Å². The minimum Gasteiger partial charge on any atom is -0.478 e. The molecular formula is C22H15Cl4NO3. The average Bonchev–Trinajstić information content (AvgIpc) is 2.75. The Morgan fingerprint density at radius 1 is 0.667 bits per heavy atom. The van der Waals surface area contributed by atoms with Gasteiger partial charge in [-0.3, -0.25) is 4.79 Å². The van der Waals surface area contributed by atoms with Crippen LogP contribution >= 0.6 is 46.4 Å². The number of carbonyl (C=O) groups is 2. The van der Waals surface area contributed by atoms with Crippen molar-refractivity contribution >= 4 is 58.3 Å². The lowest BCUT2D eigenvalue weighted by Gasteiger charge is -2.25. The highest BCUT2D eigenvalue weighted by Crippen LogP contribution is 2.42. The van der Waals surface area contributed by atoms with Crippen molar-refractivity contribution in [1.82, 2.24) is 4.90 Å². The molecule has 154 valence electrons. The zero-order chi connectivity index (χ0) is 21.8. The molecule has 0 aliphatic rings. The third-order valence-electron chi connectivity index (χ3n) is 4.41. The molecule has 3 aromatic carbocycles. The summed E-state index contributed by atoms with van der Waals surface area (Å²) in [7, 11) is 0. The molecule has 0 unspecified atom stereocenters. The highest BCUT2D eigenvalue weighted by Gasteiger charge is 2.31. The molecule has 0 aliphatic heterocycles. The Hall–Kier alpha value is -2.24. The first-order valence-corrected chi connectivity index (χ1v) is 10.3. The van der Waals surface area contributed by atoms with E-state index in [9.17, 15) is 14.7 Å². The largest absolute Gasteiger partial charge is 0.478 e. The lowest BCUT2D eigenvalue weighted by atomic mass is 10.0. The fraction of sp³-hybridized carbons (Fsp3) is 0.0909. The quantitative estimate of drug-likeness (QED) is 0.309. The first-order chi connectivity index (χ1) is 14.3. The summed E-state index contributed by atoms with van der Waals surface area (Å²) in [5, 5.41) is 8.72. The van der Waals surface area contributed by atoms with Crippen molar-refractivity contribution in [2.75, 3.05) is 0 Å². The van der Waals surface area contributed by atoms with Crippen molar-refractivity contribution < 1.29 is 14.7 Å². The maximum atomic E-state index is 13.5. The fourth-order valence-corrected chi connectivity index (χ4v) is 4.01. The number of aromatic carboxylic acids is 1. The number of hydrogen-bond donors (Lipinski definition) is 1. The van der Waals surface area contributed by atoms with Crippen LogP contribution < -0.4 is 0 Å². The van der Waals surface area contributed by atoms with Gasteiger partial charge in [-0.05, 0) is 11.1 Å². The van der Waals surface area contributed by atoms with E-state index in [-0.39, 0.29) is 38.7 Å². The molecule has 1 N–H and O–H groups in total. The van der Waals surface area contributed by atoms with Crippen LogP contribution in [0.5, 0.6) is 0 Å². The Labute approximate surface area is 193 Å². The third kappa shape index (κ3) is 4.73. The highest BCUT2D eigenvalue weighted by atomic mass is 35.5. The number of rotatable bonds is 6. The molecule has 0 spiro atoms. The van der Waals surface area contributed by atoms with Gasteiger partial charge in [-0.2, -0.15) is 0 Å². The number of carboxylic acid groups (broad SMARTS) is 1. The predicted octanol–water partition coefficient (Wildman–Crippen LogP) is 6.84. The van der Waals surface area contributed by atoms with Crippen molar-refractivity contribution in [3.05, 3.63) is 103 Å². The third-order valence-corrected chi connectivity index (χ3v) is 6.22. The number of carbonyl (C=O) groups excluding carboxylic acids is 1. The fourth-order valence-electron chi connectivity index (χ4n) is 3.00. The molecule has 0 aliphatic carbocycles. The Morgan fingerprint density at radius 3 is 1.47 bits per heavy atom. The summed E-state index contributed by atoms with van der Waals surface area (Å²) in [4.78, 5) is 26.9. The van der Waals surface area contributed by atoms with Crippen molar-refractivity contribution in [2.45, 2.75) is 13.1 Å². The monoisotopic (exact) mass is 481 g/mol. The Morgan fingerprint density at radius 2 is 1.07 bits per heavy atom. The average molecular weight is 483 g/mol. The molecule has 3 aromatic rings. The minimum absolute atomic E-state index is 0.170. The second kappa shape index (κ2) is 9.71. The van der Waals surface area contributed by atoms with E-state index in [1.165, 1.54) is 4.90 Å². The molecule has 0 fully saturated rings. The number of nitrogens with zero attached hydrogens (tertiary/aromatic N) is 1. The van der Waals surface area contributed by atoms with Gasteiger partial charge in [-0.15, -0.1) is 0 Å². The van der Waals surface area contributed by atoms with Crippen molar-refractivity contribution in [3.8, 4) is 0 Å². The van der Waals surface area contributed by atoms with Gasteiger partial charge in [0.1, 0.15) is 0 Å². The van der Waals surface area contributed by atoms with Crippen LogP contribution in [0.3, 0.4) is 0 Å². The molecule has 0 saturated heterocycles. The molecule has 4 nitrogen and oxygen atoms in total. The van der Waals surface area contributed by atoms with Crippen LogP contribution in [0.4, 0.5) is 0 Å². The van der Waals surface area contributed by atoms with Gasteiger partial charge in [0.15, 0.2) is 0 Å². The summed E-state index contributed by atoms with van der Waals surface area (Å²) >= 11 is 24.5. The van der Waals surface area contributed by atoms with Crippen molar-refractivity contribution in [2.24, 2.45) is 0 Å². The van der Waals surface area contributed by atoms with Gasteiger partial charge in [-0.1, -0.05) is 107 Å². The van der Waals surface area contributed by atoms with Crippen LogP contribution in [0.1, 0.15) is 31.8 Å². The molecule has 0 radical (unpaired) electrons. The Kier molecular flexibility index (Phi) is 7.27. The van der Waals surface area contributed by atoms with Gasteiger partial charge in [0.05, 0.1) is 31.2 Å². The first kappa shape index (κ1) is 22.4. The lowest BCUT2D eigenvalue weighted by molar-refractivity contribution is 0.0668. The summed E-state index contributed by atoms with van der Waals surface area (Å²) < 4.78 is 0. The van der Waals surface area contributed by atoms with Gasteiger partial charge in [0.25, 0.3) is 5.91 Å². The van der Waals surface area contributed by atoms with Gasteiger partial charge >= 0.3 is 5.97 Å². The van der Waals surface area contributed by atoms with E-state index in [0.717, 1.165) is 11.1 Å². The number of hydrogen-bond acceptors (Lipinski definition) is 2. The normalized spacial score (nSPS) is 10.7. The van der Waals surface area contributed by atoms with Gasteiger partial charge < -0.3 is 10.0 Å². The molecule has 3 rings (SSSR count). The summed E-state index contributed by atoms with van der Waals surface area (Å²) in [5.41, 5.74) is 0.949. The van der Waals surface area contributed by atoms with E-state index >= 15 is 0 Å². The summed E-state index contributed by atoms with van der Waals surface area (Å²) in [6.45, 7) is 0.448. The number of carboxylic acids is 1. The molecule has 0 saturated carbocycles. The van der Waals surface area contributed by atoms with E-state index in [0.29, 0.717) is 0 Å².